The van der Waals surface area contributed by atoms with Crippen molar-refractivity contribution in [3.8, 4) is 16.9 Å². The smallest absolute Gasteiger partial charge is 0.269 e. The topological polar surface area (TPSA) is 118 Å². The number of anilines is 2. The fourth-order valence-electron chi connectivity index (χ4n) is 4.47. The van der Waals surface area contributed by atoms with E-state index in [0.717, 1.165) is 20.9 Å². The summed E-state index contributed by atoms with van der Waals surface area (Å²) >= 11 is -1.87. The zero-order chi connectivity index (χ0) is 30.1. The Kier molecular flexibility index (Phi) is 7.28. The molecule has 0 N–H and O–H groups in total. The van der Waals surface area contributed by atoms with Gasteiger partial charge in [0.05, 0.1) is 5.69 Å². The first-order valence-corrected chi connectivity index (χ1v) is 14.3. The molecule has 4 aromatic carbocycles. The summed E-state index contributed by atoms with van der Waals surface area (Å²) in [5.41, 5.74) is 2.76. The predicted octanol–water partition coefficient (Wildman–Crippen LogP) is 3.35. The van der Waals surface area contributed by atoms with Gasteiger partial charge in [0.2, 0.25) is 0 Å². The number of ether oxygens (including phenoxy) is 1. The normalized spacial score (nSPS) is 14.6. The Labute approximate surface area is 249 Å². The van der Waals surface area contributed by atoms with Crippen molar-refractivity contribution < 1.29 is 46.2 Å². The number of esters is 1. The van der Waals surface area contributed by atoms with Gasteiger partial charge in [0.1, 0.15) is 0 Å². The summed E-state index contributed by atoms with van der Waals surface area (Å²) in [6, 6.07) is 26.6. The number of imide groups is 2. The molecule has 0 bridgehead atoms. The van der Waals surface area contributed by atoms with Crippen LogP contribution < -0.4 is 23.5 Å². The number of nitrogens with zero attached hydrogens (tertiary/aromatic N) is 2. The van der Waals surface area contributed by atoms with E-state index < -0.39 is 43.2 Å². The van der Waals surface area contributed by atoms with E-state index in [1.54, 1.807) is 60.7 Å². The van der Waals surface area contributed by atoms with Crippen LogP contribution in [0.4, 0.5) is 11.4 Å². The Morgan fingerprint density at radius 1 is 0.512 bits per heavy atom. The van der Waals surface area contributed by atoms with Crippen LogP contribution in [0.3, 0.4) is 0 Å². The molecule has 0 aliphatic carbocycles. The van der Waals surface area contributed by atoms with Gasteiger partial charge >= 0.3 is 193 Å². The molecule has 0 radical (unpaired) electrons. The third kappa shape index (κ3) is 5.52. The first-order valence-electron chi connectivity index (χ1n) is 12.8. The fourth-order valence-corrected chi connectivity index (χ4v) is 5.79. The van der Waals surface area contributed by atoms with Crippen molar-refractivity contribution in [1.29, 1.82) is 0 Å². The molecule has 43 heavy (non-hydrogen) atoms. The molecule has 6 rings (SSSR count). The van der Waals surface area contributed by atoms with Crippen LogP contribution in [0.25, 0.3) is 11.1 Å². The van der Waals surface area contributed by atoms with Gasteiger partial charge < -0.3 is 0 Å². The molecule has 4 aromatic rings. The van der Waals surface area contributed by atoms with Crippen LogP contribution in [0.15, 0.2) is 121 Å². The quantitative estimate of drug-likeness (QED) is 0.178. The molecule has 0 saturated heterocycles. The van der Waals surface area contributed by atoms with Gasteiger partial charge in [0.25, 0.3) is 11.8 Å². The van der Waals surface area contributed by atoms with Crippen LogP contribution in [0, 0.1) is 0 Å². The van der Waals surface area contributed by atoms with Crippen molar-refractivity contribution >= 4 is 50.0 Å². The fraction of sp³-hybridized carbons (Fsp3) is 0. The van der Waals surface area contributed by atoms with Crippen LogP contribution >= 0.6 is 0 Å². The van der Waals surface area contributed by atoms with Gasteiger partial charge in [-0.3, -0.25) is 9.59 Å². The molecule has 10 heteroatoms. The van der Waals surface area contributed by atoms with E-state index in [9.17, 15) is 27.8 Å². The minimum atomic E-state index is -1.87. The van der Waals surface area contributed by atoms with Gasteiger partial charge in [-0.1, -0.05) is 0 Å². The Balaban J connectivity index is 1.08. The van der Waals surface area contributed by atoms with Gasteiger partial charge in [-0.2, -0.15) is 0 Å². The number of rotatable bonds is 7. The first-order chi connectivity index (χ1) is 20.8. The van der Waals surface area contributed by atoms with Crippen molar-refractivity contribution in [2.45, 2.75) is 0 Å². The summed E-state index contributed by atoms with van der Waals surface area (Å²) in [6.07, 6.45) is 4.80. The number of benzene rings is 4. The molecule has 0 atom stereocenters. The molecule has 0 saturated carbocycles. The van der Waals surface area contributed by atoms with Crippen LogP contribution in [0.1, 0.15) is 10.4 Å². The Morgan fingerprint density at radius 2 is 0.884 bits per heavy atom. The average Bonchev–Trinajstić information content (AvgIpc) is 3.56. The van der Waals surface area contributed by atoms with Crippen LogP contribution in [-0.2, 0) is 36.6 Å². The van der Waals surface area contributed by atoms with Crippen LogP contribution in [0.5, 0.6) is 5.75 Å². The average molecular weight is 615 g/mol. The molecule has 213 valence electrons. The van der Waals surface area contributed by atoms with Gasteiger partial charge in [-0.05, 0) is 12.1 Å². The molecule has 0 unspecified atom stereocenters. The second kappa shape index (κ2) is 11.4. The predicted molar refractivity (Wildman–Crippen MR) is 153 cm³/mol. The maximum atomic E-state index is 13.1. The van der Waals surface area contributed by atoms with Crippen LogP contribution in [0.2, 0.25) is 0 Å². The SMILES string of the molecule is O=C(Oc1ccc(-c2cc[c]([Co](=[O])[c]3ccc(N4C(=O)C=CC4=O)cc3)cc2)cc1)c1ccc(N2C(=O)C=CC2=O)cc1. The van der Waals surface area contributed by atoms with Crippen molar-refractivity contribution in [2.24, 2.45) is 0 Å². The van der Waals surface area contributed by atoms with E-state index in [4.69, 9.17) is 4.74 Å². The summed E-state index contributed by atoms with van der Waals surface area (Å²) < 4.78 is 19.8. The van der Waals surface area contributed by atoms with E-state index in [1.807, 2.05) is 12.1 Å². The molecular weight excluding hydrogens is 595 g/mol. The number of carbonyl (C=O) groups is 5. The van der Waals surface area contributed by atoms with E-state index in [0.29, 0.717) is 26.1 Å². The molecule has 4 amide bonds. The molecular formula is C33H20CoN2O7. The van der Waals surface area contributed by atoms with Crippen LogP contribution in [-0.4, -0.2) is 29.6 Å². The van der Waals surface area contributed by atoms with Gasteiger partial charge in [0, 0.05) is 12.2 Å². The third-order valence-corrected chi connectivity index (χ3v) is 8.41. The zero-order valence-corrected chi connectivity index (χ0v) is 23.2. The second-order valence-corrected chi connectivity index (χ2v) is 11.2. The summed E-state index contributed by atoms with van der Waals surface area (Å²) in [5, 5.41) is 0. The monoisotopic (exact) mass is 615 g/mol. The third-order valence-electron chi connectivity index (χ3n) is 6.63. The number of amides is 4. The number of hydrogen-bond acceptors (Lipinski definition) is 7. The summed E-state index contributed by atoms with van der Waals surface area (Å²) in [5.74, 6) is -1.96. The van der Waals surface area contributed by atoms with E-state index in [2.05, 4.69) is 0 Å². The minimum absolute atomic E-state index is 0.259. The van der Waals surface area contributed by atoms with Crippen molar-refractivity contribution in [2.75, 3.05) is 9.80 Å². The molecule has 0 aromatic heterocycles. The number of hydrogen-bond donors (Lipinski definition) is 0. The zero-order valence-electron chi connectivity index (χ0n) is 22.1. The van der Waals surface area contributed by atoms with Gasteiger partial charge in [0.15, 0.2) is 0 Å². The molecule has 2 heterocycles. The summed E-state index contributed by atoms with van der Waals surface area (Å²) in [7, 11) is 0. The van der Waals surface area contributed by atoms with E-state index in [-0.39, 0.29) is 5.56 Å². The standard InChI is InChI=1S/C23H14NO4.C10H6NO2.Co.O/c25-21-14-15-22(26)24(21)19-10-6-18(7-11-19)23(27)28-20-12-8-17(9-13-20)16-4-2-1-3-5-16;12-9-6-7-10(13)11(9)8-4-2-1-3-5-8;;/h2-15H;2-7H;;. The van der Waals surface area contributed by atoms with Crippen molar-refractivity contribution in [1.82, 2.24) is 0 Å². The molecule has 0 fully saturated rings. The van der Waals surface area contributed by atoms with E-state index in [1.165, 1.54) is 48.6 Å². The number of carbonyl (C=O) groups excluding carboxylic acids is 5. The minimum Gasteiger partial charge on any atom is -0.269 e. The Bertz CT molecular complexity index is 1840. The van der Waals surface area contributed by atoms with Gasteiger partial charge in [-0.25, -0.2) is 4.90 Å². The Morgan fingerprint density at radius 3 is 1.33 bits per heavy atom. The Hall–Kier alpha value is -5.58. The molecule has 9 nitrogen and oxygen atoms in total. The maximum absolute atomic E-state index is 13.1. The van der Waals surface area contributed by atoms with Gasteiger partial charge in [-0.15, -0.1) is 0 Å². The molecule has 2 aliphatic heterocycles. The van der Waals surface area contributed by atoms with Crippen molar-refractivity contribution in [3.05, 3.63) is 127 Å². The first kappa shape index (κ1) is 27.6. The second-order valence-electron chi connectivity index (χ2n) is 9.30. The molecule has 2 aliphatic rings. The molecule has 0 spiro atoms. The summed E-state index contributed by atoms with van der Waals surface area (Å²) in [4.78, 5) is 62.1. The van der Waals surface area contributed by atoms with E-state index >= 15 is 0 Å². The summed E-state index contributed by atoms with van der Waals surface area (Å²) in [6.45, 7) is 0. The van der Waals surface area contributed by atoms with Crippen molar-refractivity contribution in [3.63, 3.8) is 0 Å².